The van der Waals surface area contributed by atoms with Gasteiger partial charge in [-0.25, -0.2) is 4.79 Å². The first-order chi connectivity index (χ1) is 6.08. The van der Waals surface area contributed by atoms with E-state index in [4.69, 9.17) is 10.2 Å². The Kier molecular flexibility index (Phi) is 6.04. The van der Waals surface area contributed by atoms with Crippen LogP contribution in [0.4, 0.5) is 22.0 Å². The predicted octanol–water partition coefficient (Wildman–Crippen LogP) is 1.43. The second-order valence-corrected chi connectivity index (χ2v) is 1.90. The zero-order valence-corrected chi connectivity index (χ0v) is 6.68. The van der Waals surface area contributed by atoms with E-state index in [1.165, 1.54) is 0 Å². The number of alkyl halides is 5. The van der Waals surface area contributed by atoms with Gasteiger partial charge in [-0.2, -0.15) is 22.0 Å². The summed E-state index contributed by atoms with van der Waals surface area (Å²) >= 11 is 0. The summed E-state index contributed by atoms with van der Waals surface area (Å²) in [6.07, 6.45) is -4.80. The smallest absolute Gasteiger partial charge is 0.455 e. The first-order valence-electron chi connectivity index (χ1n) is 2.99. The van der Waals surface area contributed by atoms with Gasteiger partial charge in [0, 0.05) is 6.08 Å². The van der Waals surface area contributed by atoms with E-state index in [1.807, 2.05) is 0 Å². The van der Waals surface area contributed by atoms with Crippen LogP contribution in [0.1, 0.15) is 0 Å². The minimum atomic E-state index is -5.64. The van der Waals surface area contributed by atoms with Crippen LogP contribution in [0.25, 0.3) is 0 Å². The third kappa shape index (κ3) is 6.35. The maximum Gasteiger partial charge on any atom is 0.455 e. The molecule has 2 N–H and O–H groups in total. The zero-order valence-electron chi connectivity index (χ0n) is 6.68. The van der Waals surface area contributed by atoms with Crippen LogP contribution in [0, 0.1) is 0 Å². The van der Waals surface area contributed by atoms with Crippen LogP contribution >= 0.6 is 0 Å². The standard InChI is InChI=1S/C3H3F5O.C3H4O2/c4-2(5,1-9)3(6,7)8;1-2-3(4)5/h9H,1H2;2H,1H2,(H,4,5). The predicted molar refractivity (Wildman–Crippen MR) is 35.9 cm³/mol. The van der Waals surface area contributed by atoms with Crippen molar-refractivity contribution in [3.63, 3.8) is 0 Å². The second-order valence-electron chi connectivity index (χ2n) is 1.90. The van der Waals surface area contributed by atoms with E-state index < -0.39 is 24.7 Å². The van der Waals surface area contributed by atoms with E-state index >= 15 is 0 Å². The molecule has 0 saturated heterocycles. The summed E-state index contributed by atoms with van der Waals surface area (Å²) in [6.45, 7) is 0.763. The molecule has 0 bridgehead atoms. The van der Waals surface area contributed by atoms with E-state index in [2.05, 4.69) is 6.58 Å². The van der Waals surface area contributed by atoms with Crippen molar-refractivity contribution in [1.82, 2.24) is 0 Å². The molecule has 14 heavy (non-hydrogen) atoms. The van der Waals surface area contributed by atoms with Gasteiger partial charge in [-0.05, 0) is 0 Å². The van der Waals surface area contributed by atoms with Crippen molar-refractivity contribution in [2.24, 2.45) is 0 Å². The molecule has 0 aromatic rings. The highest BCUT2D eigenvalue weighted by Gasteiger charge is 2.56. The van der Waals surface area contributed by atoms with Gasteiger partial charge in [0.1, 0.15) is 6.61 Å². The molecule has 84 valence electrons. The lowest BCUT2D eigenvalue weighted by Crippen LogP contribution is -2.39. The van der Waals surface area contributed by atoms with E-state index in [1.54, 1.807) is 0 Å². The molecule has 0 rings (SSSR count). The molecule has 0 amide bonds. The molecular formula is C6H7F5O3. The summed E-state index contributed by atoms with van der Waals surface area (Å²) in [5.74, 6) is -5.95. The molecule has 0 radical (unpaired) electrons. The Bertz CT molecular complexity index is 198. The average molecular weight is 222 g/mol. The Morgan fingerprint density at radius 2 is 1.57 bits per heavy atom. The Hall–Kier alpha value is -1.18. The molecule has 0 heterocycles. The Labute approximate surface area is 75.5 Å². The van der Waals surface area contributed by atoms with Crippen molar-refractivity contribution in [1.29, 1.82) is 0 Å². The number of carboxylic acids is 1. The van der Waals surface area contributed by atoms with Crippen molar-refractivity contribution in [2.45, 2.75) is 12.1 Å². The highest BCUT2D eigenvalue weighted by atomic mass is 19.4. The van der Waals surface area contributed by atoms with Gasteiger partial charge in [-0.1, -0.05) is 6.58 Å². The maximum absolute atomic E-state index is 11.3. The van der Waals surface area contributed by atoms with Crippen LogP contribution in [-0.2, 0) is 4.79 Å². The van der Waals surface area contributed by atoms with E-state index in [9.17, 15) is 26.7 Å². The molecule has 0 aliphatic heterocycles. The van der Waals surface area contributed by atoms with Crippen LogP contribution in [0.3, 0.4) is 0 Å². The Morgan fingerprint density at radius 3 is 1.57 bits per heavy atom. The average Bonchev–Trinajstić information content (AvgIpc) is 2.03. The Morgan fingerprint density at radius 1 is 1.29 bits per heavy atom. The summed E-state index contributed by atoms with van der Waals surface area (Å²) in [5, 5.41) is 15.1. The molecule has 0 fully saturated rings. The van der Waals surface area contributed by atoms with Gasteiger partial charge in [-0.3, -0.25) is 0 Å². The number of hydrogen-bond acceptors (Lipinski definition) is 2. The van der Waals surface area contributed by atoms with Gasteiger partial charge in [0.05, 0.1) is 0 Å². The van der Waals surface area contributed by atoms with E-state index in [0.717, 1.165) is 6.08 Å². The Balaban J connectivity index is 0. The molecule has 3 nitrogen and oxygen atoms in total. The van der Waals surface area contributed by atoms with Gasteiger partial charge >= 0.3 is 18.1 Å². The fourth-order valence-electron chi connectivity index (χ4n) is 0.0896. The van der Waals surface area contributed by atoms with Crippen LogP contribution < -0.4 is 0 Å². The molecule has 0 aromatic heterocycles. The molecule has 8 heteroatoms. The quantitative estimate of drug-likeness (QED) is 0.549. The lowest BCUT2D eigenvalue weighted by molar-refractivity contribution is -0.292. The van der Waals surface area contributed by atoms with E-state index in [-0.39, 0.29) is 0 Å². The monoisotopic (exact) mass is 222 g/mol. The van der Waals surface area contributed by atoms with Gasteiger partial charge in [0.2, 0.25) is 0 Å². The molecule has 0 saturated carbocycles. The highest BCUT2D eigenvalue weighted by Crippen LogP contribution is 2.34. The fourth-order valence-corrected chi connectivity index (χ4v) is 0.0896. The lowest BCUT2D eigenvalue weighted by atomic mass is 10.3. The number of halogens is 5. The number of hydrogen-bond donors (Lipinski definition) is 2. The minimum Gasteiger partial charge on any atom is -0.478 e. The number of carbonyl (C=O) groups is 1. The summed E-state index contributed by atoms with van der Waals surface area (Å²) < 4.78 is 55.3. The highest BCUT2D eigenvalue weighted by molar-refractivity contribution is 5.78. The maximum atomic E-state index is 11.3. The van der Waals surface area contributed by atoms with Gasteiger partial charge in [0.15, 0.2) is 0 Å². The number of aliphatic hydroxyl groups is 1. The lowest BCUT2D eigenvalue weighted by Gasteiger charge is -2.15. The molecule has 0 spiro atoms. The number of aliphatic carboxylic acids is 1. The van der Waals surface area contributed by atoms with Gasteiger partial charge in [-0.15, -0.1) is 0 Å². The minimum absolute atomic E-state index is 0.833. The molecule has 0 aliphatic carbocycles. The van der Waals surface area contributed by atoms with Crippen molar-refractivity contribution in [2.75, 3.05) is 6.61 Å². The third-order valence-corrected chi connectivity index (χ3v) is 0.788. The molecule has 0 unspecified atom stereocenters. The summed E-state index contributed by atoms with van der Waals surface area (Å²) in [6, 6.07) is 0. The van der Waals surface area contributed by atoms with Crippen LogP contribution in [-0.4, -0.2) is 34.9 Å². The number of aliphatic hydroxyl groups excluding tert-OH is 1. The largest absolute Gasteiger partial charge is 0.478 e. The van der Waals surface area contributed by atoms with E-state index in [0.29, 0.717) is 0 Å². The number of carboxylic acid groups (broad SMARTS) is 1. The van der Waals surface area contributed by atoms with Crippen LogP contribution in [0.2, 0.25) is 0 Å². The summed E-state index contributed by atoms with van der Waals surface area (Å²) in [4.78, 5) is 9.25. The van der Waals surface area contributed by atoms with Gasteiger partial charge < -0.3 is 10.2 Å². The summed E-state index contributed by atoms with van der Waals surface area (Å²) in [5.41, 5.74) is 0. The van der Waals surface area contributed by atoms with Crippen molar-refractivity contribution in [3.05, 3.63) is 12.7 Å². The topological polar surface area (TPSA) is 57.5 Å². The first kappa shape index (κ1) is 15.3. The molecule has 0 atom stereocenters. The molecule has 0 aromatic carbocycles. The van der Waals surface area contributed by atoms with Gasteiger partial charge in [0.25, 0.3) is 0 Å². The normalized spacial score (nSPS) is 11.3. The molecular weight excluding hydrogens is 215 g/mol. The first-order valence-corrected chi connectivity index (χ1v) is 2.99. The third-order valence-electron chi connectivity index (χ3n) is 0.788. The van der Waals surface area contributed by atoms with Crippen molar-refractivity contribution in [3.8, 4) is 0 Å². The second kappa shape index (κ2) is 5.53. The summed E-state index contributed by atoms with van der Waals surface area (Å²) in [7, 11) is 0. The zero-order chi connectivity index (χ0) is 12.0. The van der Waals surface area contributed by atoms with Crippen LogP contribution in [0.15, 0.2) is 12.7 Å². The van der Waals surface area contributed by atoms with Crippen LogP contribution in [0.5, 0.6) is 0 Å². The molecule has 0 aliphatic rings. The van der Waals surface area contributed by atoms with Crippen molar-refractivity contribution < 1.29 is 37.0 Å². The van der Waals surface area contributed by atoms with Crippen molar-refractivity contribution >= 4 is 5.97 Å². The SMILES string of the molecule is C=CC(=O)O.OCC(F)(F)C(F)(F)F. The fraction of sp³-hybridized carbons (Fsp3) is 0.500. The number of rotatable bonds is 2.